The molecular weight excluding hydrogens is 391 g/mol. The Labute approximate surface area is 133 Å². The van der Waals surface area contributed by atoms with Crippen LogP contribution in [-0.2, 0) is 0 Å². The first-order valence-electron chi connectivity index (χ1n) is 6.14. The summed E-state index contributed by atoms with van der Waals surface area (Å²) in [5.74, 6) is 1.19. The van der Waals surface area contributed by atoms with Gasteiger partial charge in [-0.25, -0.2) is 4.39 Å². The smallest absolute Gasteiger partial charge is 0.161 e. The quantitative estimate of drug-likeness (QED) is 0.670. The zero-order chi connectivity index (χ0) is 14.1. The van der Waals surface area contributed by atoms with Gasteiger partial charge in [-0.3, -0.25) is 0 Å². The predicted octanol–water partition coefficient (Wildman–Crippen LogP) is 4.84. The third-order valence-corrected chi connectivity index (χ3v) is 4.61. The van der Waals surface area contributed by atoms with Crippen molar-refractivity contribution in [3.8, 4) is 11.5 Å². The third-order valence-electron chi connectivity index (χ3n) is 3.09. The van der Waals surface area contributed by atoms with Crippen molar-refractivity contribution < 1.29 is 13.9 Å². The molecule has 2 aromatic carbocycles. The van der Waals surface area contributed by atoms with Gasteiger partial charge in [0, 0.05) is 10.0 Å². The fourth-order valence-corrected chi connectivity index (χ4v) is 3.12. The predicted molar refractivity (Wildman–Crippen MR) is 82.3 cm³/mol. The van der Waals surface area contributed by atoms with Gasteiger partial charge >= 0.3 is 0 Å². The van der Waals surface area contributed by atoms with E-state index in [1.807, 2.05) is 18.2 Å². The highest BCUT2D eigenvalue weighted by Crippen LogP contribution is 2.39. The van der Waals surface area contributed by atoms with Crippen LogP contribution in [-0.4, -0.2) is 13.2 Å². The van der Waals surface area contributed by atoms with Crippen molar-refractivity contribution in [1.82, 2.24) is 0 Å². The number of hydrogen-bond acceptors (Lipinski definition) is 2. The molecule has 1 heterocycles. The fraction of sp³-hybridized carbons (Fsp3) is 0.200. The number of halogens is 3. The van der Waals surface area contributed by atoms with E-state index >= 15 is 0 Å². The minimum Gasteiger partial charge on any atom is -0.486 e. The molecule has 5 heteroatoms. The molecular formula is C15H11Br2FO2. The average Bonchev–Trinajstić information content (AvgIpc) is 2.48. The zero-order valence-corrected chi connectivity index (χ0v) is 13.6. The average molecular weight is 402 g/mol. The van der Waals surface area contributed by atoms with Crippen LogP contribution in [0.15, 0.2) is 40.9 Å². The lowest BCUT2D eigenvalue weighted by atomic mass is 10.0. The number of fused-ring (bicyclic) bond motifs is 1. The van der Waals surface area contributed by atoms with Crippen LogP contribution in [0.2, 0.25) is 0 Å². The molecule has 0 aliphatic carbocycles. The van der Waals surface area contributed by atoms with Crippen molar-refractivity contribution in [3.05, 3.63) is 57.8 Å². The van der Waals surface area contributed by atoms with E-state index in [1.54, 1.807) is 12.1 Å². The van der Waals surface area contributed by atoms with E-state index in [9.17, 15) is 4.39 Å². The maximum atomic E-state index is 13.9. The molecule has 2 aromatic rings. The molecule has 2 nitrogen and oxygen atoms in total. The summed E-state index contributed by atoms with van der Waals surface area (Å²) in [6.45, 7) is 1.10. The van der Waals surface area contributed by atoms with Crippen LogP contribution in [0.3, 0.4) is 0 Å². The SMILES string of the molecule is Fc1ccc(Br)cc1C(Br)c1ccc2c(c1)OCCO2. The molecule has 0 radical (unpaired) electrons. The second kappa shape index (κ2) is 5.74. The van der Waals surface area contributed by atoms with Crippen molar-refractivity contribution in [2.45, 2.75) is 4.83 Å². The van der Waals surface area contributed by atoms with Crippen LogP contribution in [0.1, 0.15) is 16.0 Å². The van der Waals surface area contributed by atoms with Crippen LogP contribution in [0, 0.1) is 5.82 Å². The summed E-state index contributed by atoms with van der Waals surface area (Å²) in [5, 5.41) is 0. The van der Waals surface area contributed by atoms with Crippen LogP contribution in [0.5, 0.6) is 11.5 Å². The molecule has 0 spiro atoms. The lowest BCUT2D eigenvalue weighted by Crippen LogP contribution is -2.15. The summed E-state index contributed by atoms with van der Waals surface area (Å²) in [7, 11) is 0. The number of alkyl halides is 1. The lowest BCUT2D eigenvalue weighted by Gasteiger charge is -2.20. The molecule has 0 fully saturated rings. The number of benzene rings is 2. The minimum absolute atomic E-state index is 0.240. The molecule has 0 saturated carbocycles. The number of hydrogen-bond donors (Lipinski definition) is 0. The monoisotopic (exact) mass is 400 g/mol. The van der Waals surface area contributed by atoms with Gasteiger partial charge in [-0.05, 0) is 35.9 Å². The summed E-state index contributed by atoms with van der Waals surface area (Å²) in [6.07, 6.45) is 0. The Bertz CT molecular complexity index is 646. The number of ether oxygens (including phenoxy) is 2. The van der Waals surface area contributed by atoms with Crippen LogP contribution in [0.25, 0.3) is 0 Å². The maximum Gasteiger partial charge on any atom is 0.161 e. The largest absolute Gasteiger partial charge is 0.486 e. The first-order chi connectivity index (χ1) is 9.65. The topological polar surface area (TPSA) is 18.5 Å². The third kappa shape index (κ3) is 2.69. The van der Waals surface area contributed by atoms with Gasteiger partial charge in [0.25, 0.3) is 0 Å². The molecule has 20 heavy (non-hydrogen) atoms. The second-order valence-corrected chi connectivity index (χ2v) is 6.26. The highest BCUT2D eigenvalue weighted by molar-refractivity contribution is 9.10. The molecule has 1 atom stereocenters. The standard InChI is InChI=1S/C15H11Br2FO2/c16-10-2-3-12(18)11(8-10)15(17)9-1-4-13-14(7-9)20-6-5-19-13/h1-4,7-8,15H,5-6H2. The van der Waals surface area contributed by atoms with Gasteiger partial charge in [0.2, 0.25) is 0 Å². The first-order valence-corrected chi connectivity index (χ1v) is 7.84. The van der Waals surface area contributed by atoms with Crippen molar-refractivity contribution in [2.24, 2.45) is 0 Å². The van der Waals surface area contributed by atoms with Gasteiger partial charge in [-0.1, -0.05) is 37.9 Å². The molecule has 1 aliphatic heterocycles. The van der Waals surface area contributed by atoms with Crippen molar-refractivity contribution in [1.29, 1.82) is 0 Å². The lowest BCUT2D eigenvalue weighted by molar-refractivity contribution is 0.171. The Morgan fingerprint density at radius 3 is 2.55 bits per heavy atom. The molecule has 1 aliphatic rings. The van der Waals surface area contributed by atoms with Gasteiger partial charge in [-0.2, -0.15) is 0 Å². The van der Waals surface area contributed by atoms with E-state index in [4.69, 9.17) is 9.47 Å². The Morgan fingerprint density at radius 1 is 1.00 bits per heavy atom. The Morgan fingerprint density at radius 2 is 1.75 bits per heavy atom. The van der Waals surface area contributed by atoms with Crippen LogP contribution < -0.4 is 9.47 Å². The van der Waals surface area contributed by atoms with Gasteiger partial charge in [-0.15, -0.1) is 0 Å². The minimum atomic E-state index is -0.245. The summed E-state index contributed by atoms with van der Waals surface area (Å²) >= 11 is 6.91. The highest BCUT2D eigenvalue weighted by atomic mass is 79.9. The maximum absolute atomic E-state index is 13.9. The first kappa shape index (κ1) is 13.9. The van der Waals surface area contributed by atoms with Crippen molar-refractivity contribution in [2.75, 3.05) is 13.2 Å². The normalized spacial score (nSPS) is 14.9. The second-order valence-electron chi connectivity index (χ2n) is 4.43. The van der Waals surface area contributed by atoms with E-state index < -0.39 is 0 Å². The Balaban J connectivity index is 1.97. The summed E-state index contributed by atoms with van der Waals surface area (Å²) < 4.78 is 25.8. The zero-order valence-electron chi connectivity index (χ0n) is 10.4. The summed E-state index contributed by atoms with van der Waals surface area (Å²) in [6, 6.07) is 10.6. The molecule has 1 unspecified atom stereocenters. The molecule has 0 saturated heterocycles. The van der Waals surface area contributed by atoms with Crippen molar-refractivity contribution in [3.63, 3.8) is 0 Å². The van der Waals surface area contributed by atoms with Gasteiger partial charge < -0.3 is 9.47 Å². The fourth-order valence-electron chi connectivity index (χ4n) is 2.11. The van der Waals surface area contributed by atoms with Crippen LogP contribution >= 0.6 is 31.9 Å². The summed E-state index contributed by atoms with van der Waals surface area (Å²) in [4.78, 5) is -0.240. The highest BCUT2D eigenvalue weighted by Gasteiger charge is 2.19. The van der Waals surface area contributed by atoms with E-state index in [-0.39, 0.29) is 10.6 Å². The molecule has 3 rings (SSSR count). The number of rotatable bonds is 2. The molecule has 104 valence electrons. The molecule has 0 aromatic heterocycles. The van der Waals surface area contributed by atoms with E-state index in [1.165, 1.54) is 6.07 Å². The van der Waals surface area contributed by atoms with E-state index in [0.717, 1.165) is 15.8 Å². The Hall–Kier alpha value is -1.07. The van der Waals surface area contributed by atoms with E-state index in [0.29, 0.717) is 24.5 Å². The Kier molecular flexibility index (Phi) is 3.98. The van der Waals surface area contributed by atoms with Crippen molar-refractivity contribution >= 4 is 31.9 Å². The molecule has 0 N–H and O–H groups in total. The van der Waals surface area contributed by atoms with Gasteiger partial charge in [0.1, 0.15) is 19.0 Å². The van der Waals surface area contributed by atoms with E-state index in [2.05, 4.69) is 31.9 Å². The summed E-state index contributed by atoms with van der Waals surface area (Å²) in [5.41, 5.74) is 1.50. The van der Waals surface area contributed by atoms with Gasteiger partial charge in [0.15, 0.2) is 11.5 Å². The van der Waals surface area contributed by atoms with Gasteiger partial charge in [0.05, 0.1) is 4.83 Å². The molecule has 0 amide bonds. The molecule has 0 bridgehead atoms. The van der Waals surface area contributed by atoms with Crippen LogP contribution in [0.4, 0.5) is 4.39 Å².